The molecule has 0 spiro atoms. The molecule has 0 bridgehead atoms. The summed E-state index contributed by atoms with van der Waals surface area (Å²) in [6.45, 7) is 3.22. The molecule has 2 heteroatoms. The summed E-state index contributed by atoms with van der Waals surface area (Å²) < 4.78 is 5.33. The van der Waals surface area contributed by atoms with Crippen LogP contribution in [0.15, 0.2) is 12.1 Å². The van der Waals surface area contributed by atoms with E-state index in [-0.39, 0.29) is 0 Å². The van der Waals surface area contributed by atoms with Crippen molar-refractivity contribution in [2.75, 3.05) is 19.0 Å². The van der Waals surface area contributed by atoms with Gasteiger partial charge in [0.2, 0.25) is 0 Å². The Balaban J connectivity index is 2.52. The van der Waals surface area contributed by atoms with Crippen LogP contribution < -0.4 is 10.1 Å². The van der Waals surface area contributed by atoms with Crippen LogP contribution in [-0.4, -0.2) is 13.7 Å². The number of aryl methyl sites for hydroxylation is 1. The molecule has 0 radical (unpaired) electrons. The highest BCUT2D eigenvalue weighted by atomic mass is 16.5. The highest BCUT2D eigenvalue weighted by Crippen LogP contribution is 2.33. The van der Waals surface area contributed by atoms with E-state index in [1.54, 1.807) is 7.11 Å². The number of benzene rings is 1. The smallest absolute Gasteiger partial charge is 0.124 e. The van der Waals surface area contributed by atoms with Gasteiger partial charge < -0.3 is 10.1 Å². The van der Waals surface area contributed by atoms with Crippen LogP contribution in [0.5, 0.6) is 5.75 Å². The second-order valence-corrected chi connectivity index (χ2v) is 3.47. The fourth-order valence-corrected chi connectivity index (χ4v) is 1.91. The van der Waals surface area contributed by atoms with Gasteiger partial charge in [-0.3, -0.25) is 0 Å². The number of rotatable bonds is 1. The number of methoxy groups -OCH3 is 1. The van der Waals surface area contributed by atoms with E-state index in [0.29, 0.717) is 0 Å². The maximum absolute atomic E-state index is 5.33. The lowest BCUT2D eigenvalue weighted by Crippen LogP contribution is -2.13. The fraction of sp³-hybridized carbons (Fsp3) is 0.455. The van der Waals surface area contributed by atoms with Crippen molar-refractivity contribution in [2.24, 2.45) is 0 Å². The Morgan fingerprint density at radius 2 is 2.23 bits per heavy atom. The number of hydrogen-bond acceptors (Lipinski definition) is 2. The third-order valence-corrected chi connectivity index (χ3v) is 2.60. The molecule has 1 aliphatic heterocycles. The second kappa shape index (κ2) is 3.29. The van der Waals surface area contributed by atoms with Crippen molar-refractivity contribution in [2.45, 2.75) is 19.8 Å². The van der Waals surface area contributed by atoms with Gasteiger partial charge in [0.15, 0.2) is 0 Å². The van der Waals surface area contributed by atoms with Crippen molar-refractivity contribution in [1.29, 1.82) is 0 Å². The predicted molar refractivity (Wildman–Crippen MR) is 54.5 cm³/mol. The first kappa shape index (κ1) is 8.42. The van der Waals surface area contributed by atoms with Gasteiger partial charge in [-0.05, 0) is 31.4 Å². The third-order valence-electron chi connectivity index (χ3n) is 2.60. The number of nitrogens with one attached hydrogen (secondary N) is 1. The summed E-state index contributed by atoms with van der Waals surface area (Å²) in [6, 6.07) is 4.16. The van der Waals surface area contributed by atoms with E-state index < -0.39 is 0 Å². The molecular formula is C11H15NO. The molecule has 0 saturated heterocycles. The van der Waals surface area contributed by atoms with E-state index in [4.69, 9.17) is 4.74 Å². The fourth-order valence-electron chi connectivity index (χ4n) is 1.91. The molecule has 0 unspecified atom stereocenters. The molecule has 0 atom stereocenters. The lowest BCUT2D eigenvalue weighted by Gasteiger charge is -2.22. The molecule has 1 aromatic rings. The minimum atomic E-state index is 1.02. The molecule has 13 heavy (non-hydrogen) atoms. The van der Waals surface area contributed by atoms with Gasteiger partial charge >= 0.3 is 0 Å². The van der Waals surface area contributed by atoms with Crippen molar-refractivity contribution in [3.05, 3.63) is 23.3 Å². The van der Waals surface area contributed by atoms with Gasteiger partial charge in [-0.25, -0.2) is 0 Å². The summed E-state index contributed by atoms with van der Waals surface area (Å²) in [5.74, 6) is 1.02. The third kappa shape index (κ3) is 1.37. The Hall–Kier alpha value is -1.18. The molecular weight excluding hydrogens is 162 g/mol. The first-order valence-electron chi connectivity index (χ1n) is 4.73. The minimum Gasteiger partial charge on any atom is -0.496 e. The summed E-state index contributed by atoms with van der Waals surface area (Å²) in [5.41, 5.74) is 3.94. The quantitative estimate of drug-likeness (QED) is 0.711. The molecule has 1 aromatic carbocycles. The number of fused-ring (bicyclic) bond motifs is 1. The molecule has 0 fully saturated rings. The normalized spacial score (nSPS) is 14.6. The van der Waals surface area contributed by atoms with Crippen molar-refractivity contribution in [3.63, 3.8) is 0 Å². The summed E-state index contributed by atoms with van der Waals surface area (Å²) in [5, 5.41) is 3.43. The topological polar surface area (TPSA) is 21.3 Å². The van der Waals surface area contributed by atoms with Crippen LogP contribution in [0.3, 0.4) is 0 Å². The van der Waals surface area contributed by atoms with Gasteiger partial charge in [0, 0.05) is 17.8 Å². The van der Waals surface area contributed by atoms with Crippen molar-refractivity contribution < 1.29 is 4.74 Å². The zero-order valence-electron chi connectivity index (χ0n) is 8.18. The molecule has 1 aliphatic rings. The van der Waals surface area contributed by atoms with Crippen LogP contribution in [0.1, 0.15) is 17.5 Å². The molecule has 0 aromatic heterocycles. The SMILES string of the molecule is COc1ccc(C)c2c1CCCN2. The van der Waals surface area contributed by atoms with E-state index in [1.165, 1.54) is 23.2 Å². The van der Waals surface area contributed by atoms with Crippen molar-refractivity contribution in [1.82, 2.24) is 0 Å². The predicted octanol–water partition coefficient (Wildman–Crippen LogP) is 2.36. The van der Waals surface area contributed by atoms with Crippen molar-refractivity contribution in [3.8, 4) is 5.75 Å². The summed E-state index contributed by atoms with van der Waals surface area (Å²) in [7, 11) is 1.74. The molecule has 1 heterocycles. The highest BCUT2D eigenvalue weighted by molar-refractivity contribution is 5.63. The van der Waals surface area contributed by atoms with E-state index in [9.17, 15) is 0 Å². The Kier molecular flexibility index (Phi) is 2.13. The van der Waals surface area contributed by atoms with Crippen LogP contribution in [0.25, 0.3) is 0 Å². The second-order valence-electron chi connectivity index (χ2n) is 3.47. The van der Waals surface area contributed by atoms with Gasteiger partial charge in [-0.1, -0.05) is 6.07 Å². The molecule has 2 nitrogen and oxygen atoms in total. The lowest BCUT2D eigenvalue weighted by molar-refractivity contribution is 0.409. The Labute approximate surface area is 78.9 Å². The summed E-state index contributed by atoms with van der Waals surface area (Å²) >= 11 is 0. The number of hydrogen-bond donors (Lipinski definition) is 1. The van der Waals surface area contributed by atoms with Crippen LogP contribution in [0, 0.1) is 6.92 Å². The number of anilines is 1. The lowest BCUT2D eigenvalue weighted by atomic mass is 9.99. The monoisotopic (exact) mass is 177 g/mol. The zero-order chi connectivity index (χ0) is 9.26. The summed E-state index contributed by atoms with van der Waals surface area (Å²) in [4.78, 5) is 0. The minimum absolute atomic E-state index is 1.02. The number of ether oxygens (including phenoxy) is 1. The molecule has 2 rings (SSSR count). The van der Waals surface area contributed by atoms with Crippen LogP contribution in [0.4, 0.5) is 5.69 Å². The Morgan fingerprint density at radius 1 is 1.38 bits per heavy atom. The molecule has 1 N–H and O–H groups in total. The van der Waals surface area contributed by atoms with Crippen LogP contribution in [-0.2, 0) is 6.42 Å². The van der Waals surface area contributed by atoms with Crippen LogP contribution in [0.2, 0.25) is 0 Å². The molecule has 0 amide bonds. The molecule has 70 valence electrons. The Bertz CT molecular complexity index is 320. The average Bonchev–Trinajstić information content (AvgIpc) is 2.19. The van der Waals surface area contributed by atoms with E-state index >= 15 is 0 Å². The average molecular weight is 177 g/mol. The zero-order valence-corrected chi connectivity index (χ0v) is 8.18. The standard InChI is InChI=1S/C11H15NO/c1-8-5-6-10(13-2)9-4-3-7-12-11(8)9/h5-6,12H,3-4,7H2,1-2H3. The maximum atomic E-state index is 5.33. The van der Waals surface area contributed by atoms with Gasteiger partial charge in [-0.15, -0.1) is 0 Å². The van der Waals surface area contributed by atoms with E-state index in [2.05, 4.69) is 24.4 Å². The Morgan fingerprint density at radius 3 is 3.00 bits per heavy atom. The first-order chi connectivity index (χ1) is 6.33. The van der Waals surface area contributed by atoms with Gasteiger partial charge in [0.25, 0.3) is 0 Å². The van der Waals surface area contributed by atoms with Gasteiger partial charge in [0.05, 0.1) is 7.11 Å². The molecule has 0 saturated carbocycles. The van der Waals surface area contributed by atoms with Gasteiger partial charge in [0.1, 0.15) is 5.75 Å². The van der Waals surface area contributed by atoms with Gasteiger partial charge in [-0.2, -0.15) is 0 Å². The molecule has 0 aliphatic carbocycles. The maximum Gasteiger partial charge on any atom is 0.124 e. The first-order valence-corrected chi connectivity index (χ1v) is 4.73. The largest absolute Gasteiger partial charge is 0.496 e. The highest BCUT2D eigenvalue weighted by Gasteiger charge is 2.14. The van der Waals surface area contributed by atoms with E-state index in [1.807, 2.05) is 0 Å². The van der Waals surface area contributed by atoms with Crippen molar-refractivity contribution >= 4 is 5.69 Å². The summed E-state index contributed by atoms with van der Waals surface area (Å²) in [6.07, 6.45) is 2.33. The van der Waals surface area contributed by atoms with E-state index in [0.717, 1.165) is 18.7 Å². The van der Waals surface area contributed by atoms with Crippen LogP contribution >= 0.6 is 0 Å².